The topological polar surface area (TPSA) is 226 Å². The molecular weight excluding hydrogens is 1110 g/mol. The summed E-state index contributed by atoms with van der Waals surface area (Å²) in [5.41, 5.74) is 2.55. The van der Waals surface area contributed by atoms with Gasteiger partial charge in [-0.25, -0.2) is 0 Å². The number of carbonyl (C=O) groups is 6. The zero-order valence-electron chi connectivity index (χ0n) is 47.4. The fraction of sp³-hybridized carbons (Fsp3) is 0.429. The van der Waals surface area contributed by atoms with E-state index in [1.165, 1.54) is 11.8 Å². The third-order valence-electron chi connectivity index (χ3n) is 14.5. The van der Waals surface area contributed by atoms with Gasteiger partial charge in [-0.2, -0.15) is 0 Å². The minimum absolute atomic E-state index is 0.0311. The first-order valence-electron chi connectivity index (χ1n) is 27.7. The van der Waals surface area contributed by atoms with E-state index in [0.29, 0.717) is 0 Å². The number of amides is 2. The molecule has 21 heteroatoms. The Morgan fingerprint density at radius 2 is 0.881 bits per heavy atom. The lowest BCUT2D eigenvalue weighted by atomic mass is 9.94. The van der Waals surface area contributed by atoms with Gasteiger partial charge in [0, 0.05) is 27.7 Å². The summed E-state index contributed by atoms with van der Waals surface area (Å²) < 4.78 is 85.3. The summed E-state index contributed by atoms with van der Waals surface area (Å²) in [6.45, 7) is 5.91. The largest absolute Gasteiger partial charge is 0.463 e. The Labute approximate surface area is 491 Å². The first-order chi connectivity index (χ1) is 40.7. The molecule has 0 spiro atoms. The maximum absolute atomic E-state index is 15.0. The molecule has 5 aromatic rings. The minimum Gasteiger partial charge on any atom is -0.463 e. The second-order valence-electron chi connectivity index (χ2n) is 20.6. The number of esters is 4. The average Bonchev–Trinajstić information content (AvgIpc) is 2.00. The zero-order valence-corrected chi connectivity index (χ0v) is 48.2. The molecule has 446 valence electrons. The summed E-state index contributed by atoms with van der Waals surface area (Å²) in [5.74, 6) is -4.64. The average molecular weight is 1180 g/mol. The standard InChI is InChI=1S/C63H69NO19S/c1-37-51(73-32-43-23-13-8-14-24-43)55(74-33-44-25-15-9-16-26-44)57(75-34-45-27-17-10-18-28-45)61(76-37)83-54-50(64-59(69)46-29-19-20-30-47(46)60(64)70)63(84-6)81-48(35-71-31-42-21-11-7-12-22-42)52(54)82-62-58(79-41(5)68)56(78-40(4)67)53(77-39(3)66)49(80-62)36-72-38(2)65/h7-30,37,48-58,61-63H,31-36H2,1-6H3/t37-,48+,49+,50+,51+,52+,53-,54+,55+,56-,57-,58+,61-,62-,63-/m0/s1. The van der Waals surface area contributed by atoms with Crippen molar-refractivity contribution in [2.24, 2.45) is 0 Å². The number of nitrogens with zero attached hydrogens (tertiary/aromatic N) is 1. The number of ether oxygens (including phenoxy) is 13. The number of benzene rings is 5. The molecule has 0 radical (unpaired) electrons. The number of carbonyl (C=O) groups excluding carboxylic acids is 6. The van der Waals surface area contributed by atoms with Crippen LogP contribution in [0.25, 0.3) is 0 Å². The van der Waals surface area contributed by atoms with Crippen molar-refractivity contribution in [3.8, 4) is 0 Å². The van der Waals surface area contributed by atoms with Gasteiger partial charge in [-0.05, 0) is 47.6 Å². The van der Waals surface area contributed by atoms with Crippen LogP contribution in [0.3, 0.4) is 0 Å². The summed E-state index contributed by atoms with van der Waals surface area (Å²) in [5, 5.41) is 0. The van der Waals surface area contributed by atoms with Crippen molar-refractivity contribution >= 4 is 47.5 Å². The summed E-state index contributed by atoms with van der Waals surface area (Å²) in [6, 6.07) is 43.1. The predicted octanol–water partition coefficient (Wildman–Crippen LogP) is 7.31. The van der Waals surface area contributed by atoms with Crippen molar-refractivity contribution in [2.75, 3.05) is 19.5 Å². The molecule has 4 aliphatic rings. The summed E-state index contributed by atoms with van der Waals surface area (Å²) in [7, 11) is 0. The molecule has 15 atom stereocenters. The molecule has 5 aromatic carbocycles. The Morgan fingerprint density at radius 1 is 0.452 bits per heavy atom. The van der Waals surface area contributed by atoms with Gasteiger partial charge < -0.3 is 61.6 Å². The maximum atomic E-state index is 15.0. The summed E-state index contributed by atoms with van der Waals surface area (Å²) in [4.78, 5) is 82.7. The van der Waals surface area contributed by atoms with Gasteiger partial charge in [-0.15, -0.1) is 11.8 Å². The lowest BCUT2D eigenvalue weighted by Gasteiger charge is -2.52. The highest BCUT2D eigenvalue weighted by Crippen LogP contribution is 2.42. The number of thioether (sulfide) groups is 1. The molecule has 20 nitrogen and oxygen atoms in total. The van der Waals surface area contributed by atoms with Gasteiger partial charge in [0.25, 0.3) is 11.8 Å². The Bertz CT molecular complexity index is 2960. The number of hydrogen-bond acceptors (Lipinski definition) is 20. The third-order valence-corrected chi connectivity index (χ3v) is 15.3. The fourth-order valence-corrected chi connectivity index (χ4v) is 11.6. The van der Waals surface area contributed by atoms with E-state index in [2.05, 4.69) is 0 Å². The van der Waals surface area contributed by atoms with Crippen LogP contribution < -0.4 is 0 Å². The number of imide groups is 1. The fourth-order valence-electron chi connectivity index (χ4n) is 10.7. The molecule has 9 rings (SSSR count). The molecule has 4 heterocycles. The Morgan fingerprint density at radius 3 is 1.38 bits per heavy atom. The van der Waals surface area contributed by atoms with Crippen LogP contribution in [0, 0.1) is 0 Å². The van der Waals surface area contributed by atoms with Crippen LogP contribution >= 0.6 is 11.8 Å². The first kappa shape index (κ1) is 61.7. The second-order valence-corrected chi connectivity index (χ2v) is 21.5. The molecule has 0 unspecified atom stereocenters. The van der Waals surface area contributed by atoms with Gasteiger partial charge in [0.15, 0.2) is 30.9 Å². The number of hydrogen-bond donors (Lipinski definition) is 0. The van der Waals surface area contributed by atoms with Gasteiger partial charge in [0.1, 0.15) is 60.8 Å². The van der Waals surface area contributed by atoms with Crippen molar-refractivity contribution in [1.82, 2.24) is 4.90 Å². The quantitative estimate of drug-likeness (QED) is 0.0335. The van der Waals surface area contributed by atoms with Crippen LogP contribution in [0.5, 0.6) is 0 Å². The highest BCUT2D eigenvalue weighted by molar-refractivity contribution is 7.99. The first-order valence-corrected chi connectivity index (χ1v) is 29.0. The molecule has 3 saturated heterocycles. The van der Waals surface area contributed by atoms with Gasteiger partial charge in [-0.1, -0.05) is 133 Å². The predicted molar refractivity (Wildman–Crippen MR) is 300 cm³/mol. The van der Waals surface area contributed by atoms with Gasteiger partial charge >= 0.3 is 23.9 Å². The third kappa shape index (κ3) is 15.3. The molecular formula is C63H69NO19S. The van der Waals surface area contributed by atoms with Crippen molar-refractivity contribution in [2.45, 2.75) is 152 Å². The minimum atomic E-state index is -1.82. The van der Waals surface area contributed by atoms with Crippen LogP contribution in [-0.4, -0.2) is 151 Å². The van der Waals surface area contributed by atoms with Crippen molar-refractivity contribution in [1.29, 1.82) is 0 Å². The number of fused-ring (bicyclic) bond motifs is 1. The van der Waals surface area contributed by atoms with E-state index in [9.17, 15) is 19.2 Å². The lowest BCUT2D eigenvalue weighted by Crippen LogP contribution is -2.70. The smallest absolute Gasteiger partial charge is 0.303 e. The van der Waals surface area contributed by atoms with E-state index in [-0.39, 0.29) is 44.2 Å². The van der Waals surface area contributed by atoms with Gasteiger partial charge in [0.05, 0.1) is 50.3 Å². The zero-order chi connectivity index (χ0) is 59.3. The van der Waals surface area contributed by atoms with Crippen LogP contribution in [0.15, 0.2) is 146 Å². The second kappa shape index (κ2) is 29.3. The molecule has 0 aliphatic carbocycles. The van der Waals surface area contributed by atoms with Crippen molar-refractivity contribution in [3.63, 3.8) is 0 Å². The Balaban J connectivity index is 1.20. The van der Waals surface area contributed by atoms with E-state index >= 15 is 9.59 Å². The number of rotatable bonds is 24. The molecule has 4 aliphatic heterocycles. The monoisotopic (exact) mass is 1180 g/mol. The molecule has 0 N–H and O–H groups in total. The highest BCUT2D eigenvalue weighted by atomic mass is 32.2. The maximum Gasteiger partial charge on any atom is 0.303 e. The van der Waals surface area contributed by atoms with Crippen LogP contribution in [0.2, 0.25) is 0 Å². The van der Waals surface area contributed by atoms with Crippen molar-refractivity contribution in [3.05, 3.63) is 179 Å². The Kier molecular flexibility index (Phi) is 21.5. The molecule has 0 saturated carbocycles. The van der Waals surface area contributed by atoms with Crippen LogP contribution in [0.1, 0.15) is 77.6 Å². The van der Waals surface area contributed by atoms with E-state index < -0.39 is 133 Å². The lowest BCUT2D eigenvalue weighted by molar-refractivity contribution is -0.368. The highest BCUT2D eigenvalue weighted by Gasteiger charge is 2.60. The van der Waals surface area contributed by atoms with E-state index in [1.54, 1.807) is 30.5 Å². The molecule has 2 amide bonds. The van der Waals surface area contributed by atoms with Gasteiger partial charge in [0.2, 0.25) is 0 Å². The molecule has 0 aromatic heterocycles. The van der Waals surface area contributed by atoms with E-state index in [0.717, 1.165) is 54.8 Å². The SMILES string of the molecule is CS[C@@H]1O[C@H](COCc2ccccc2)[C@@H](O[C@@H]2O[C@H](COC(C)=O)[C@H](OC(C)=O)[C@H](OC(C)=O)[C@H]2OC(C)=O)[C@H](O[C@@H]2O[C@@H](C)[C@@H](OCc3ccccc3)[C@@H](OCc3ccccc3)[C@@H]2OCc2ccccc2)[C@H]1N1C(=O)c2ccccc2C1=O. The van der Waals surface area contributed by atoms with Crippen LogP contribution in [0.4, 0.5) is 0 Å². The molecule has 84 heavy (non-hydrogen) atoms. The van der Waals surface area contributed by atoms with Crippen LogP contribution in [-0.2, 0) is 107 Å². The van der Waals surface area contributed by atoms with Crippen molar-refractivity contribution < 1.29 is 90.3 Å². The van der Waals surface area contributed by atoms with Gasteiger partial charge in [-0.3, -0.25) is 33.7 Å². The van der Waals surface area contributed by atoms with E-state index in [4.69, 9.17) is 61.6 Å². The summed E-state index contributed by atoms with van der Waals surface area (Å²) in [6.07, 6.45) is -15.8. The molecule has 3 fully saturated rings. The normalized spacial score (nSPS) is 28.5. The Hall–Kier alpha value is -6.89. The summed E-state index contributed by atoms with van der Waals surface area (Å²) >= 11 is 1.19. The van der Waals surface area contributed by atoms with E-state index in [1.807, 2.05) is 128 Å². The molecule has 0 bridgehead atoms.